The number of para-hydroxylation sites is 4. The summed E-state index contributed by atoms with van der Waals surface area (Å²) in [5, 5.41) is 26.6. The summed E-state index contributed by atoms with van der Waals surface area (Å²) in [5.41, 5.74) is 16.1. The third-order valence-electron chi connectivity index (χ3n) is 3.44. The fourth-order valence-electron chi connectivity index (χ4n) is 2.15. The van der Waals surface area contributed by atoms with Crippen molar-refractivity contribution in [2.24, 2.45) is 9.98 Å². The molecular weight excluding hydrogens is 425 g/mol. The maximum absolute atomic E-state index is 9.79. The van der Waals surface area contributed by atoms with E-state index < -0.39 is 0 Å². The molecular formula is C21H20MnN5O3-. The number of nitrogens with zero attached hydrogens (tertiary/aromatic N) is 5. The summed E-state index contributed by atoms with van der Waals surface area (Å²) in [5.74, 6) is 0.355. The maximum atomic E-state index is 9.79. The molecule has 0 amide bonds. The van der Waals surface area contributed by atoms with Crippen LogP contribution in [-0.4, -0.2) is 34.9 Å². The van der Waals surface area contributed by atoms with E-state index in [2.05, 4.69) is 9.98 Å². The molecule has 1 radical (unpaired) electrons. The molecule has 9 heteroatoms. The first kappa shape index (κ1) is 26.4. The van der Waals surface area contributed by atoms with Gasteiger partial charge in [0.25, 0.3) is 0 Å². The Balaban J connectivity index is 0.00000129. The van der Waals surface area contributed by atoms with Gasteiger partial charge >= 0.3 is 0 Å². The zero-order valence-corrected chi connectivity index (χ0v) is 17.2. The van der Waals surface area contributed by atoms with Gasteiger partial charge in [0.05, 0.1) is 11.4 Å². The largest absolute Gasteiger partial charge is 0.507 e. The average Bonchev–Trinajstić information content (AvgIpc) is 2.75. The topological polar surface area (TPSA) is 144 Å². The van der Waals surface area contributed by atoms with Gasteiger partial charge in [-0.05, 0) is 36.4 Å². The van der Waals surface area contributed by atoms with E-state index >= 15 is 0 Å². The second kappa shape index (κ2) is 15.3. The second-order valence-corrected chi connectivity index (χ2v) is 5.21. The third-order valence-corrected chi connectivity index (χ3v) is 3.44. The number of hydrogen-bond acceptors (Lipinski definition) is 5. The van der Waals surface area contributed by atoms with Crippen LogP contribution < -0.4 is 0 Å². The number of hydrogen-bond donors (Lipinski definition) is 3. The summed E-state index contributed by atoms with van der Waals surface area (Å²) < 4.78 is 0. The van der Waals surface area contributed by atoms with E-state index in [1.54, 1.807) is 48.8 Å². The van der Waals surface area contributed by atoms with Gasteiger partial charge in [-0.25, -0.2) is 0 Å². The van der Waals surface area contributed by atoms with Crippen LogP contribution in [-0.2, 0) is 17.1 Å². The van der Waals surface area contributed by atoms with Crippen molar-refractivity contribution in [2.75, 3.05) is 7.11 Å². The SMILES string of the molecule is CO.Oc1ccccc1C=Nc1ccccc1N=Cc1ccccc1O.[Mn].[N-]=[N+]=[N-]. The number of rotatable bonds is 4. The molecule has 0 aliphatic carbocycles. The zero-order valence-electron chi connectivity index (χ0n) is 16.0. The van der Waals surface area contributed by atoms with Gasteiger partial charge in [-0.15, -0.1) is 0 Å². The summed E-state index contributed by atoms with van der Waals surface area (Å²) in [7, 11) is 1.00. The van der Waals surface area contributed by atoms with E-state index in [0.29, 0.717) is 22.5 Å². The second-order valence-electron chi connectivity index (χ2n) is 5.21. The van der Waals surface area contributed by atoms with Gasteiger partial charge in [0, 0.05) is 47.7 Å². The van der Waals surface area contributed by atoms with Crippen molar-refractivity contribution in [1.29, 1.82) is 0 Å². The molecule has 8 nitrogen and oxygen atoms in total. The molecule has 0 fully saturated rings. The van der Waals surface area contributed by atoms with Gasteiger partial charge < -0.3 is 26.4 Å². The van der Waals surface area contributed by atoms with Gasteiger partial charge in [0.15, 0.2) is 0 Å². The smallest absolute Gasteiger partial charge is 0.124 e. The monoisotopic (exact) mass is 445 g/mol. The van der Waals surface area contributed by atoms with Crippen LogP contribution in [0.5, 0.6) is 11.5 Å². The van der Waals surface area contributed by atoms with E-state index in [1.165, 1.54) is 4.91 Å². The number of aliphatic hydroxyl groups excluding tert-OH is 1. The first-order valence-corrected chi connectivity index (χ1v) is 8.32. The molecule has 0 aliphatic heterocycles. The average molecular weight is 445 g/mol. The van der Waals surface area contributed by atoms with Crippen molar-refractivity contribution < 1.29 is 32.4 Å². The first-order chi connectivity index (χ1) is 14.2. The van der Waals surface area contributed by atoms with Crippen LogP contribution in [0.15, 0.2) is 82.8 Å². The van der Waals surface area contributed by atoms with E-state index in [-0.39, 0.29) is 28.6 Å². The van der Waals surface area contributed by atoms with Gasteiger partial charge in [-0.3, -0.25) is 14.9 Å². The molecule has 155 valence electrons. The molecule has 30 heavy (non-hydrogen) atoms. The van der Waals surface area contributed by atoms with Crippen molar-refractivity contribution in [2.45, 2.75) is 0 Å². The van der Waals surface area contributed by atoms with Crippen LogP contribution in [0, 0.1) is 0 Å². The molecule has 0 saturated heterocycles. The predicted octanol–water partition coefficient (Wildman–Crippen LogP) is 5.07. The Bertz CT molecular complexity index is 929. The van der Waals surface area contributed by atoms with Crippen molar-refractivity contribution in [1.82, 2.24) is 0 Å². The number of phenols is 2. The molecule has 0 saturated carbocycles. The molecule has 0 unspecified atom stereocenters. The van der Waals surface area contributed by atoms with Crippen molar-refractivity contribution in [3.63, 3.8) is 0 Å². The first-order valence-electron chi connectivity index (χ1n) is 8.32. The zero-order chi connectivity index (χ0) is 21.5. The van der Waals surface area contributed by atoms with E-state index in [0.717, 1.165) is 7.11 Å². The summed E-state index contributed by atoms with van der Waals surface area (Å²) in [4.78, 5) is 10.3. The Morgan fingerprint density at radius 2 is 0.967 bits per heavy atom. The van der Waals surface area contributed by atoms with Crippen molar-refractivity contribution in [3.8, 4) is 11.5 Å². The standard InChI is InChI=1S/C20H16N2O2.CH4O.Mn.N3/c23-19-11-5-1-7-15(19)13-21-17-9-3-4-10-18(17)22-14-16-8-2-6-12-20(16)24;1-2;;1-3-2/h1-14,23-24H;2H,1H3;;/q;;;-1. The minimum absolute atomic E-state index is 0. The molecule has 0 atom stereocenters. The molecule has 3 rings (SSSR count). The van der Waals surface area contributed by atoms with E-state index in [1.807, 2.05) is 36.4 Å². The van der Waals surface area contributed by atoms with Crippen LogP contribution in [0.25, 0.3) is 16.0 Å². The van der Waals surface area contributed by atoms with E-state index in [4.69, 9.17) is 16.2 Å². The molecule has 0 bridgehead atoms. The molecule has 0 aromatic heterocycles. The molecule has 3 aromatic carbocycles. The molecule has 0 aliphatic rings. The van der Waals surface area contributed by atoms with Gasteiger partial charge in [-0.1, -0.05) is 36.4 Å². The van der Waals surface area contributed by atoms with E-state index in [9.17, 15) is 10.2 Å². The molecule has 3 N–H and O–H groups in total. The van der Waals surface area contributed by atoms with Crippen LogP contribution in [0.3, 0.4) is 0 Å². The summed E-state index contributed by atoms with van der Waals surface area (Å²) in [6, 6.07) is 21.4. The van der Waals surface area contributed by atoms with Crippen LogP contribution in [0.1, 0.15) is 11.1 Å². The van der Waals surface area contributed by atoms with Gasteiger partial charge in [0.1, 0.15) is 11.5 Å². The maximum Gasteiger partial charge on any atom is 0.124 e. The van der Waals surface area contributed by atoms with Crippen molar-refractivity contribution >= 4 is 23.8 Å². The van der Waals surface area contributed by atoms with Crippen LogP contribution >= 0.6 is 0 Å². The number of benzene rings is 3. The molecule has 0 heterocycles. The summed E-state index contributed by atoms with van der Waals surface area (Å²) in [6.45, 7) is 0. The van der Waals surface area contributed by atoms with Crippen LogP contribution in [0.4, 0.5) is 11.4 Å². The number of phenolic OH excluding ortho intramolecular Hbond substituents is 2. The predicted molar refractivity (Wildman–Crippen MR) is 115 cm³/mol. The number of aliphatic imine (C=N–C) groups is 2. The minimum atomic E-state index is 0. The summed E-state index contributed by atoms with van der Waals surface area (Å²) >= 11 is 0. The van der Waals surface area contributed by atoms with Crippen molar-refractivity contribution in [3.05, 3.63) is 99.9 Å². The quantitative estimate of drug-likeness (QED) is 0.169. The van der Waals surface area contributed by atoms with Gasteiger partial charge in [0.2, 0.25) is 0 Å². The van der Waals surface area contributed by atoms with Crippen LogP contribution in [0.2, 0.25) is 0 Å². The normalized spacial score (nSPS) is 9.53. The fourth-order valence-corrected chi connectivity index (χ4v) is 2.15. The number of aromatic hydroxyl groups is 2. The summed E-state index contributed by atoms with van der Waals surface area (Å²) in [6.07, 6.45) is 3.20. The third kappa shape index (κ3) is 8.60. The Morgan fingerprint density at radius 3 is 1.30 bits per heavy atom. The fraction of sp³-hybridized carbons (Fsp3) is 0.0476. The Hall–Kier alpha value is -3.61. The minimum Gasteiger partial charge on any atom is -0.507 e. The molecule has 3 aromatic rings. The Labute approximate surface area is 184 Å². The number of aliphatic hydroxyl groups is 1. The van der Waals surface area contributed by atoms with Gasteiger partial charge in [-0.2, -0.15) is 0 Å². The Kier molecular flexibility index (Phi) is 13.5. The Morgan fingerprint density at radius 1 is 0.667 bits per heavy atom. The molecule has 0 spiro atoms.